The van der Waals surface area contributed by atoms with Gasteiger partial charge in [-0.1, -0.05) is 51.7 Å². The average molecular weight is 295 g/mol. The van der Waals surface area contributed by atoms with Crippen LogP contribution in [-0.2, 0) is 10.8 Å². The van der Waals surface area contributed by atoms with Crippen molar-refractivity contribution < 1.29 is 8.85 Å². The van der Waals surface area contributed by atoms with Crippen LogP contribution in [0, 0.1) is 0 Å². The molecular formula is C17H30O2Si. The summed E-state index contributed by atoms with van der Waals surface area (Å²) in [7, 11) is -2.05. The van der Waals surface area contributed by atoms with Gasteiger partial charge in [-0.3, -0.25) is 0 Å². The number of unbranched alkanes of at least 4 members (excludes halogenated alkanes) is 4. The standard InChI is InChI=1S/C17H30O2Si/c1-5-7-8-9-10-14-18-20(3,4)19-17-13-11-12-16(6-2)15-17/h11-13,15H,5-10,14H2,1-4H3. The minimum absolute atomic E-state index is 0.830. The maximum Gasteiger partial charge on any atom is 0.392 e. The molecule has 1 aromatic carbocycles. The van der Waals surface area contributed by atoms with Gasteiger partial charge in [-0.25, -0.2) is 0 Å². The van der Waals surface area contributed by atoms with Crippen molar-refractivity contribution in [1.82, 2.24) is 0 Å². The minimum atomic E-state index is -2.05. The van der Waals surface area contributed by atoms with Gasteiger partial charge in [0.25, 0.3) is 0 Å². The minimum Gasteiger partial charge on any atom is -0.520 e. The number of hydrogen-bond acceptors (Lipinski definition) is 2. The van der Waals surface area contributed by atoms with Gasteiger partial charge in [0.05, 0.1) is 0 Å². The molecule has 0 aromatic heterocycles. The van der Waals surface area contributed by atoms with Gasteiger partial charge >= 0.3 is 8.56 Å². The van der Waals surface area contributed by atoms with Crippen molar-refractivity contribution in [3.05, 3.63) is 29.8 Å². The Labute approximate surface area is 125 Å². The van der Waals surface area contributed by atoms with Gasteiger partial charge in [0.1, 0.15) is 5.75 Å². The molecule has 0 heterocycles. The normalized spacial score (nSPS) is 11.6. The third kappa shape index (κ3) is 7.11. The van der Waals surface area contributed by atoms with Gasteiger partial charge in [0.15, 0.2) is 0 Å². The first-order chi connectivity index (χ1) is 9.57. The molecule has 114 valence electrons. The lowest BCUT2D eigenvalue weighted by Crippen LogP contribution is -2.38. The van der Waals surface area contributed by atoms with E-state index in [-0.39, 0.29) is 0 Å². The van der Waals surface area contributed by atoms with Crippen molar-refractivity contribution in [3.8, 4) is 5.75 Å². The SMILES string of the molecule is CCCCCCCO[Si](C)(C)Oc1cccc(CC)c1. The Morgan fingerprint density at radius 3 is 2.45 bits per heavy atom. The van der Waals surface area contributed by atoms with Crippen molar-refractivity contribution in [1.29, 1.82) is 0 Å². The van der Waals surface area contributed by atoms with Crippen LogP contribution in [0.3, 0.4) is 0 Å². The van der Waals surface area contributed by atoms with Gasteiger partial charge < -0.3 is 8.85 Å². The second-order valence-electron chi connectivity index (χ2n) is 5.77. The lowest BCUT2D eigenvalue weighted by molar-refractivity contribution is 0.241. The van der Waals surface area contributed by atoms with Crippen LogP contribution >= 0.6 is 0 Å². The summed E-state index contributed by atoms with van der Waals surface area (Å²) in [6.45, 7) is 9.48. The summed E-state index contributed by atoms with van der Waals surface area (Å²) in [5.74, 6) is 0.951. The average Bonchev–Trinajstić information content (AvgIpc) is 2.42. The van der Waals surface area contributed by atoms with Gasteiger partial charge in [-0.05, 0) is 43.6 Å². The zero-order valence-electron chi connectivity index (χ0n) is 13.6. The molecule has 0 unspecified atom stereocenters. The molecule has 0 spiro atoms. The molecule has 0 N–H and O–H groups in total. The van der Waals surface area contributed by atoms with Crippen LogP contribution in [0.1, 0.15) is 51.5 Å². The number of aryl methyl sites for hydroxylation is 1. The summed E-state index contributed by atoms with van der Waals surface area (Å²) in [6, 6.07) is 8.34. The van der Waals surface area contributed by atoms with Crippen LogP contribution in [-0.4, -0.2) is 15.2 Å². The van der Waals surface area contributed by atoms with Crippen LogP contribution in [0.15, 0.2) is 24.3 Å². The van der Waals surface area contributed by atoms with Crippen LogP contribution in [0.25, 0.3) is 0 Å². The van der Waals surface area contributed by atoms with E-state index in [4.69, 9.17) is 8.85 Å². The molecule has 0 aliphatic carbocycles. The van der Waals surface area contributed by atoms with Crippen molar-refractivity contribution in [2.75, 3.05) is 6.61 Å². The lowest BCUT2D eigenvalue weighted by atomic mass is 10.2. The topological polar surface area (TPSA) is 18.5 Å². The first-order valence-electron chi connectivity index (χ1n) is 7.99. The maximum absolute atomic E-state index is 6.09. The summed E-state index contributed by atoms with van der Waals surface area (Å²) in [5.41, 5.74) is 1.31. The Hall–Kier alpha value is -0.803. The molecule has 0 saturated heterocycles. The second-order valence-corrected chi connectivity index (χ2v) is 9.06. The third-order valence-corrected chi connectivity index (χ3v) is 4.99. The summed E-state index contributed by atoms with van der Waals surface area (Å²) in [5, 5.41) is 0. The Morgan fingerprint density at radius 1 is 1.00 bits per heavy atom. The van der Waals surface area contributed by atoms with Gasteiger partial charge in [0.2, 0.25) is 0 Å². The van der Waals surface area contributed by atoms with E-state index in [1.807, 2.05) is 6.07 Å². The van der Waals surface area contributed by atoms with Crippen LogP contribution < -0.4 is 4.43 Å². The molecule has 2 nitrogen and oxygen atoms in total. The Morgan fingerprint density at radius 2 is 1.75 bits per heavy atom. The van der Waals surface area contributed by atoms with E-state index >= 15 is 0 Å². The first kappa shape index (κ1) is 17.2. The molecule has 1 aromatic rings. The molecular weight excluding hydrogens is 264 g/mol. The number of rotatable bonds is 10. The van der Waals surface area contributed by atoms with Crippen LogP contribution in [0.5, 0.6) is 5.75 Å². The smallest absolute Gasteiger partial charge is 0.392 e. The highest BCUT2D eigenvalue weighted by atomic mass is 28.4. The van der Waals surface area contributed by atoms with E-state index in [2.05, 4.69) is 45.1 Å². The molecule has 20 heavy (non-hydrogen) atoms. The first-order valence-corrected chi connectivity index (χ1v) is 10.8. The molecule has 0 aliphatic heterocycles. The quantitative estimate of drug-likeness (QED) is 0.429. The van der Waals surface area contributed by atoms with Crippen LogP contribution in [0.2, 0.25) is 13.1 Å². The lowest BCUT2D eigenvalue weighted by Gasteiger charge is -2.24. The fourth-order valence-corrected chi connectivity index (χ4v) is 3.56. The second kappa shape index (κ2) is 9.19. The monoisotopic (exact) mass is 294 g/mol. The summed E-state index contributed by atoms with van der Waals surface area (Å²) < 4.78 is 12.1. The predicted molar refractivity (Wildman–Crippen MR) is 88.6 cm³/mol. The molecule has 0 radical (unpaired) electrons. The Kier molecular flexibility index (Phi) is 7.93. The molecule has 0 saturated carbocycles. The summed E-state index contributed by atoms with van der Waals surface area (Å²) in [4.78, 5) is 0. The molecule has 1 rings (SSSR count). The molecule has 3 heteroatoms. The highest BCUT2D eigenvalue weighted by molar-refractivity contribution is 6.65. The highest BCUT2D eigenvalue weighted by Crippen LogP contribution is 2.19. The maximum atomic E-state index is 6.09. The van der Waals surface area contributed by atoms with E-state index in [9.17, 15) is 0 Å². The van der Waals surface area contributed by atoms with Crippen molar-refractivity contribution in [3.63, 3.8) is 0 Å². The molecule has 0 atom stereocenters. The van der Waals surface area contributed by atoms with E-state index < -0.39 is 8.56 Å². The molecule has 0 amide bonds. The largest absolute Gasteiger partial charge is 0.520 e. The fraction of sp³-hybridized carbons (Fsp3) is 0.647. The molecule has 0 fully saturated rings. The molecule has 0 bridgehead atoms. The van der Waals surface area contributed by atoms with E-state index in [1.165, 1.54) is 31.2 Å². The number of benzene rings is 1. The van der Waals surface area contributed by atoms with Gasteiger partial charge in [-0.2, -0.15) is 0 Å². The van der Waals surface area contributed by atoms with E-state index in [0.29, 0.717) is 0 Å². The molecule has 0 aliphatic rings. The predicted octanol–water partition coefficient (Wildman–Crippen LogP) is 5.32. The summed E-state index contributed by atoms with van der Waals surface area (Å²) in [6.07, 6.45) is 7.40. The Bertz CT molecular complexity index is 377. The highest BCUT2D eigenvalue weighted by Gasteiger charge is 2.26. The van der Waals surface area contributed by atoms with Crippen molar-refractivity contribution >= 4 is 8.56 Å². The van der Waals surface area contributed by atoms with E-state index in [1.54, 1.807) is 0 Å². The number of hydrogen-bond donors (Lipinski definition) is 0. The third-order valence-electron chi connectivity index (χ3n) is 3.37. The van der Waals surface area contributed by atoms with Crippen LogP contribution in [0.4, 0.5) is 0 Å². The van der Waals surface area contributed by atoms with E-state index in [0.717, 1.165) is 25.2 Å². The van der Waals surface area contributed by atoms with Crippen molar-refractivity contribution in [2.24, 2.45) is 0 Å². The Balaban J connectivity index is 2.32. The zero-order valence-corrected chi connectivity index (χ0v) is 14.6. The van der Waals surface area contributed by atoms with Gasteiger partial charge in [0, 0.05) is 6.61 Å². The zero-order chi connectivity index (χ0) is 14.8. The fourth-order valence-electron chi connectivity index (χ4n) is 2.17. The van der Waals surface area contributed by atoms with Gasteiger partial charge in [-0.15, -0.1) is 0 Å². The van der Waals surface area contributed by atoms with Crippen molar-refractivity contribution in [2.45, 2.75) is 65.5 Å². The summed E-state index contributed by atoms with van der Waals surface area (Å²) >= 11 is 0.